The number of ether oxygens (including phenoxy) is 2. The molecule has 7 nitrogen and oxygen atoms in total. The van der Waals surface area contributed by atoms with Crippen molar-refractivity contribution in [2.24, 2.45) is 0 Å². The summed E-state index contributed by atoms with van der Waals surface area (Å²) in [6.07, 6.45) is 3.47. The maximum atomic E-state index is 12.2. The Balaban J connectivity index is 2.65. The molecule has 0 aliphatic heterocycles. The average Bonchev–Trinajstić information content (AvgIpc) is 2.63. The second-order valence-corrected chi connectivity index (χ2v) is 7.48. The molecule has 0 spiro atoms. The molecule has 0 bridgehead atoms. The number of alkyl halides is 3. The Bertz CT molecular complexity index is 825. The van der Waals surface area contributed by atoms with Gasteiger partial charge in [0, 0.05) is 24.8 Å². The van der Waals surface area contributed by atoms with Crippen molar-refractivity contribution in [3.05, 3.63) is 49.1 Å². The van der Waals surface area contributed by atoms with Gasteiger partial charge in [0.15, 0.2) is 0 Å². The van der Waals surface area contributed by atoms with Crippen LogP contribution in [0, 0.1) is 0 Å². The Morgan fingerprint density at radius 2 is 1.48 bits per heavy atom. The van der Waals surface area contributed by atoms with E-state index in [2.05, 4.69) is 13.2 Å². The van der Waals surface area contributed by atoms with E-state index in [0.29, 0.717) is 24.8 Å². The van der Waals surface area contributed by atoms with E-state index in [9.17, 15) is 31.2 Å². The Kier molecular flexibility index (Phi) is 9.05. The maximum Gasteiger partial charge on any atom is 0.511 e. The van der Waals surface area contributed by atoms with Crippen LogP contribution < -0.4 is 14.2 Å². The molecule has 0 aromatic heterocycles. The minimum absolute atomic E-state index is 0.122. The van der Waals surface area contributed by atoms with E-state index in [1.165, 1.54) is 10.8 Å². The third-order valence-electron chi connectivity index (χ3n) is 3.45. The van der Waals surface area contributed by atoms with Crippen molar-refractivity contribution >= 4 is 22.0 Å². The molecule has 0 unspecified atom stereocenters. The summed E-state index contributed by atoms with van der Waals surface area (Å²) in [5.41, 5.74) is -4.70. The van der Waals surface area contributed by atoms with Crippen molar-refractivity contribution < 1.29 is 40.7 Å². The topological polar surface area (TPSA) is 98.8 Å². The Labute approximate surface area is 166 Å². The van der Waals surface area contributed by atoms with Gasteiger partial charge in [0.2, 0.25) is 0 Å². The number of nitrogens with one attached hydrogen (secondary N) is 1. The SMILES string of the molecule is C=CC(=O)Oc1cc(CCCCCNS(=O)(=O)C(F)(F)F)cc(OC(=O)C=C)c1. The molecule has 0 saturated heterocycles. The van der Waals surface area contributed by atoms with Crippen molar-refractivity contribution in [3.8, 4) is 11.5 Å². The van der Waals surface area contributed by atoms with E-state index in [4.69, 9.17) is 9.47 Å². The Morgan fingerprint density at radius 3 is 1.93 bits per heavy atom. The Hall–Kier alpha value is -2.66. The number of hydrogen-bond donors (Lipinski definition) is 1. The summed E-state index contributed by atoms with van der Waals surface area (Å²) in [5, 5.41) is 0. The minimum atomic E-state index is -5.34. The zero-order chi connectivity index (χ0) is 22.1. The molecule has 29 heavy (non-hydrogen) atoms. The number of rotatable bonds is 11. The zero-order valence-corrected chi connectivity index (χ0v) is 16.1. The van der Waals surface area contributed by atoms with Gasteiger partial charge >= 0.3 is 27.5 Å². The van der Waals surface area contributed by atoms with Crippen LogP contribution in [-0.4, -0.2) is 32.4 Å². The third-order valence-corrected chi connectivity index (χ3v) is 4.64. The average molecular weight is 435 g/mol. The lowest BCUT2D eigenvalue weighted by Gasteiger charge is -2.10. The smallest absolute Gasteiger partial charge is 0.423 e. The number of halogens is 3. The van der Waals surface area contributed by atoms with Gasteiger partial charge in [-0.3, -0.25) is 0 Å². The van der Waals surface area contributed by atoms with Gasteiger partial charge in [0.05, 0.1) is 0 Å². The summed E-state index contributed by atoms with van der Waals surface area (Å²) < 4.78 is 69.9. The molecule has 0 fully saturated rings. The number of benzene rings is 1. The maximum absolute atomic E-state index is 12.2. The molecular formula is C18H20F3NO6S. The van der Waals surface area contributed by atoms with Gasteiger partial charge in [-0.15, -0.1) is 0 Å². The van der Waals surface area contributed by atoms with Crippen molar-refractivity contribution in [1.82, 2.24) is 4.72 Å². The second kappa shape index (κ2) is 10.8. The monoisotopic (exact) mass is 435 g/mol. The minimum Gasteiger partial charge on any atom is -0.423 e. The number of carbonyl (C=O) groups excluding carboxylic acids is 2. The molecule has 1 rings (SSSR count). The number of carbonyl (C=O) groups is 2. The van der Waals surface area contributed by atoms with E-state index in [0.717, 1.165) is 12.2 Å². The number of unbranched alkanes of at least 4 members (excludes halogenated alkanes) is 2. The molecule has 1 aromatic carbocycles. The molecule has 0 amide bonds. The van der Waals surface area contributed by atoms with E-state index >= 15 is 0 Å². The quantitative estimate of drug-likeness (QED) is 0.248. The molecule has 0 heterocycles. The predicted octanol–water partition coefficient (Wildman–Crippen LogP) is 3.02. The van der Waals surface area contributed by atoms with Gasteiger partial charge in [0.1, 0.15) is 11.5 Å². The molecular weight excluding hydrogens is 415 g/mol. The highest BCUT2D eigenvalue weighted by Crippen LogP contribution is 2.25. The van der Waals surface area contributed by atoms with Crippen LogP contribution in [0.1, 0.15) is 24.8 Å². The molecule has 0 atom stereocenters. The molecule has 0 aliphatic rings. The van der Waals surface area contributed by atoms with Crippen molar-refractivity contribution in [1.29, 1.82) is 0 Å². The van der Waals surface area contributed by atoms with E-state index in [1.54, 1.807) is 12.1 Å². The fraction of sp³-hybridized carbons (Fsp3) is 0.333. The second-order valence-electron chi connectivity index (χ2n) is 5.72. The molecule has 1 N–H and O–H groups in total. The number of esters is 2. The first-order valence-corrected chi connectivity index (χ1v) is 9.85. The van der Waals surface area contributed by atoms with E-state index in [1.807, 2.05) is 0 Å². The molecule has 1 aromatic rings. The summed E-state index contributed by atoms with van der Waals surface area (Å²) in [6.45, 7) is 6.22. The lowest BCUT2D eigenvalue weighted by Crippen LogP contribution is -2.36. The third kappa shape index (κ3) is 8.48. The summed E-state index contributed by atoms with van der Waals surface area (Å²) in [5.74, 6) is -1.17. The van der Waals surface area contributed by atoms with Gasteiger partial charge in [-0.1, -0.05) is 19.6 Å². The van der Waals surface area contributed by atoms with Gasteiger partial charge in [-0.25, -0.2) is 22.7 Å². The lowest BCUT2D eigenvalue weighted by atomic mass is 10.1. The first-order valence-electron chi connectivity index (χ1n) is 8.37. The number of hydrogen-bond acceptors (Lipinski definition) is 6. The van der Waals surface area contributed by atoms with Crippen LogP contribution in [0.15, 0.2) is 43.5 Å². The van der Waals surface area contributed by atoms with Crippen molar-refractivity contribution in [2.75, 3.05) is 6.54 Å². The molecule has 0 aliphatic carbocycles. The highest BCUT2D eigenvalue weighted by Gasteiger charge is 2.45. The molecule has 11 heteroatoms. The van der Waals surface area contributed by atoms with Crippen molar-refractivity contribution in [3.63, 3.8) is 0 Å². The fourth-order valence-electron chi connectivity index (χ4n) is 2.13. The molecule has 160 valence electrons. The summed E-state index contributed by atoms with van der Waals surface area (Å²) in [4.78, 5) is 22.7. The highest BCUT2D eigenvalue weighted by atomic mass is 32.2. The van der Waals surface area contributed by atoms with Crippen LogP contribution in [-0.2, 0) is 26.0 Å². The molecule has 0 radical (unpaired) electrons. The summed E-state index contributed by atoms with van der Waals surface area (Å²) in [7, 11) is -5.34. The van der Waals surface area contributed by atoms with Crippen LogP contribution in [0.5, 0.6) is 11.5 Å². The van der Waals surface area contributed by atoms with E-state index in [-0.39, 0.29) is 24.5 Å². The van der Waals surface area contributed by atoms with Gasteiger partial charge in [0.25, 0.3) is 0 Å². The standard InChI is InChI=1S/C18H20F3NO6S/c1-3-16(23)27-14-10-13(11-15(12-14)28-17(24)4-2)8-6-5-7-9-22-29(25,26)18(19,20)21/h3-4,10-12,22H,1-2,5-9H2. The predicted molar refractivity (Wildman–Crippen MR) is 98.6 cm³/mol. The lowest BCUT2D eigenvalue weighted by molar-refractivity contribution is -0.129. The highest BCUT2D eigenvalue weighted by molar-refractivity contribution is 7.90. The van der Waals surface area contributed by atoms with Gasteiger partial charge in [-0.2, -0.15) is 13.2 Å². The summed E-state index contributed by atoms with van der Waals surface area (Å²) >= 11 is 0. The number of sulfonamides is 1. The van der Waals surface area contributed by atoms with Crippen LogP contribution in [0.2, 0.25) is 0 Å². The van der Waals surface area contributed by atoms with Crippen LogP contribution in [0.4, 0.5) is 13.2 Å². The van der Waals surface area contributed by atoms with Crippen molar-refractivity contribution in [2.45, 2.75) is 31.2 Å². The normalized spacial score (nSPS) is 11.6. The molecule has 0 saturated carbocycles. The number of aryl methyl sites for hydroxylation is 1. The zero-order valence-electron chi connectivity index (χ0n) is 15.3. The van der Waals surface area contributed by atoms with Gasteiger partial charge < -0.3 is 9.47 Å². The van der Waals surface area contributed by atoms with Crippen LogP contribution in [0.3, 0.4) is 0 Å². The van der Waals surface area contributed by atoms with Crippen LogP contribution in [0.25, 0.3) is 0 Å². The largest absolute Gasteiger partial charge is 0.511 e. The van der Waals surface area contributed by atoms with Gasteiger partial charge in [-0.05, 0) is 37.0 Å². The first-order chi connectivity index (χ1) is 13.5. The van der Waals surface area contributed by atoms with Crippen LogP contribution >= 0.6 is 0 Å². The van der Waals surface area contributed by atoms with E-state index < -0.39 is 27.5 Å². The summed E-state index contributed by atoms with van der Waals surface area (Å²) in [6, 6.07) is 4.41. The fourth-order valence-corrected chi connectivity index (χ4v) is 2.70. The first kappa shape index (κ1) is 24.4. The Morgan fingerprint density at radius 1 is 0.966 bits per heavy atom.